The van der Waals surface area contributed by atoms with Crippen LogP contribution in [0.3, 0.4) is 0 Å². The Hall–Kier alpha value is -3.98. The molecule has 0 atom stereocenters. The van der Waals surface area contributed by atoms with Crippen molar-refractivity contribution in [2.45, 2.75) is 56.7 Å². The molecule has 0 aliphatic heterocycles. The molecule has 0 heterocycles. The molecule has 1 nitrogen and oxygen atoms in total. The van der Waals surface area contributed by atoms with Crippen molar-refractivity contribution in [1.29, 1.82) is 0 Å². The van der Waals surface area contributed by atoms with Crippen LogP contribution in [0.5, 0.6) is 0 Å². The lowest BCUT2D eigenvalue weighted by Gasteiger charge is -2.31. The summed E-state index contributed by atoms with van der Waals surface area (Å²) in [6, 6.07) is 14.1. The van der Waals surface area contributed by atoms with Crippen molar-refractivity contribution >= 4 is 0 Å². The molecule has 1 saturated carbocycles. The molecule has 0 aromatic heterocycles. The molecule has 5 rings (SSSR count). The summed E-state index contributed by atoms with van der Waals surface area (Å²) in [5.41, 5.74) is 0.372. The zero-order valence-corrected chi connectivity index (χ0v) is 23.5. The monoisotopic (exact) mass is 616 g/mol. The molecule has 0 amide bonds. The van der Waals surface area contributed by atoms with Crippen LogP contribution in [0.25, 0.3) is 22.3 Å². The van der Waals surface area contributed by atoms with E-state index in [9.17, 15) is 26.3 Å². The van der Waals surface area contributed by atoms with Crippen molar-refractivity contribution in [3.63, 3.8) is 0 Å². The Bertz CT molecular complexity index is 1610. The van der Waals surface area contributed by atoms with E-state index >= 15 is 8.78 Å². The number of ether oxygens (including phenoxy) is 1. The third kappa shape index (κ3) is 6.73. The van der Waals surface area contributed by atoms with Crippen LogP contribution in [-0.4, -0.2) is 6.10 Å². The molecule has 44 heavy (non-hydrogen) atoms. The van der Waals surface area contributed by atoms with Crippen LogP contribution in [0.15, 0.2) is 79.4 Å². The average molecular weight is 617 g/mol. The second-order valence-electron chi connectivity index (χ2n) is 10.9. The number of hydrogen-bond donors (Lipinski definition) is 0. The summed E-state index contributed by atoms with van der Waals surface area (Å²) in [7, 11) is 0. The van der Waals surface area contributed by atoms with Gasteiger partial charge in [0.2, 0.25) is 0 Å². The molecule has 0 spiro atoms. The van der Waals surface area contributed by atoms with Gasteiger partial charge in [-0.1, -0.05) is 42.5 Å². The molecule has 1 aliphatic carbocycles. The molecule has 230 valence electrons. The molecule has 1 aliphatic rings. The SMILES string of the molecule is C=CCCc1ccc(-c2cc(F)c(C(F)(F)OC3CCC(c4ccc(-c5cc(F)c(F)c(F)c5)c(F)c4)CC3)c(F)c2)cc1. The molecule has 0 saturated heterocycles. The second-order valence-corrected chi connectivity index (χ2v) is 10.9. The summed E-state index contributed by atoms with van der Waals surface area (Å²) in [4.78, 5) is 0. The predicted octanol–water partition coefficient (Wildman–Crippen LogP) is 10.8. The quantitative estimate of drug-likeness (QED) is 0.103. The lowest BCUT2D eigenvalue weighted by molar-refractivity contribution is -0.280. The highest BCUT2D eigenvalue weighted by atomic mass is 19.3. The van der Waals surface area contributed by atoms with Gasteiger partial charge in [0, 0.05) is 5.56 Å². The Labute approximate surface area is 249 Å². The summed E-state index contributed by atoms with van der Waals surface area (Å²) < 4.78 is 120. The highest BCUT2D eigenvalue weighted by molar-refractivity contribution is 5.65. The van der Waals surface area contributed by atoms with Crippen LogP contribution in [0.4, 0.5) is 35.1 Å². The van der Waals surface area contributed by atoms with E-state index < -0.39 is 52.7 Å². The van der Waals surface area contributed by atoms with E-state index in [1.165, 1.54) is 12.1 Å². The Morgan fingerprint density at radius 1 is 0.682 bits per heavy atom. The lowest BCUT2D eigenvalue weighted by atomic mass is 9.82. The summed E-state index contributed by atoms with van der Waals surface area (Å²) in [5.74, 6) is -8.41. The molecular weight excluding hydrogens is 588 g/mol. The van der Waals surface area contributed by atoms with Crippen molar-refractivity contribution in [3.8, 4) is 22.3 Å². The van der Waals surface area contributed by atoms with Gasteiger partial charge < -0.3 is 4.74 Å². The van der Waals surface area contributed by atoms with E-state index in [2.05, 4.69) is 6.58 Å². The van der Waals surface area contributed by atoms with Gasteiger partial charge in [0.05, 0.1) is 6.10 Å². The number of aryl methyl sites for hydroxylation is 1. The second kappa shape index (κ2) is 12.9. The normalized spacial score (nSPS) is 17.1. The standard InChI is InChI=1S/C35H28F8O/c1-2-3-4-20-5-7-22(8-6-20)24-16-29(37)33(30(38)17-24)35(42,43)44-26-12-9-21(10-13-26)23-11-14-27(28(36)15-23)25-18-31(39)34(41)32(40)19-25/h2,5-8,11,14-19,21,26H,1,3-4,9-10,12-13H2. The third-order valence-electron chi connectivity index (χ3n) is 8.01. The van der Waals surface area contributed by atoms with Gasteiger partial charge in [-0.25, -0.2) is 26.3 Å². The lowest BCUT2D eigenvalue weighted by Crippen LogP contribution is -2.31. The summed E-state index contributed by atoms with van der Waals surface area (Å²) in [6.07, 6.45) is -1.04. The van der Waals surface area contributed by atoms with E-state index in [4.69, 9.17) is 4.74 Å². The Balaban J connectivity index is 1.24. The Morgan fingerprint density at radius 3 is 1.84 bits per heavy atom. The molecule has 4 aromatic rings. The fraction of sp³-hybridized carbons (Fsp3) is 0.257. The summed E-state index contributed by atoms with van der Waals surface area (Å²) >= 11 is 0. The van der Waals surface area contributed by atoms with Gasteiger partial charge in [0.1, 0.15) is 23.0 Å². The van der Waals surface area contributed by atoms with E-state index in [1.54, 1.807) is 36.4 Å². The minimum atomic E-state index is -4.23. The predicted molar refractivity (Wildman–Crippen MR) is 152 cm³/mol. The molecule has 1 fully saturated rings. The maximum absolute atomic E-state index is 15.1. The van der Waals surface area contributed by atoms with Gasteiger partial charge in [-0.15, -0.1) is 6.58 Å². The van der Waals surface area contributed by atoms with Gasteiger partial charge in [-0.2, -0.15) is 8.78 Å². The van der Waals surface area contributed by atoms with Crippen molar-refractivity contribution < 1.29 is 39.9 Å². The zero-order chi connectivity index (χ0) is 31.6. The van der Waals surface area contributed by atoms with Crippen molar-refractivity contribution in [2.24, 2.45) is 0 Å². The van der Waals surface area contributed by atoms with Crippen molar-refractivity contribution in [3.05, 3.63) is 131 Å². The fourth-order valence-electron chi connectivity index (χ4n) is 5.66. The van der Waals surface area contributed by atoms with Crippen LogP contribution in [0.2, 0.25) is 0 Å². The topological polar surface area (TPSA) is 9.23 Å². The van der Waals surface area contributed by atoms with Crippen LogP contribution in [-0.2, 0) is 17.3 Å². The molecular formula is C35H28F8O. The minimum absolute atomic E-state index is 0.114. The van der Waals surface area contributed by atoms with Gasteiger partial charge in [0.25, 0.3) is 0 Å². The molecule has 4 aromatic carbocycles. The number of alkyl halides is 2. The fourth-order valence-corrected chi connectivity index (χ4v) is 5.66. The highest BCUT2D eigenvalue weighted by Crippen LogP contribution is 2.42. The number of benzene rings is 4. The van der Waals surface area contributed by atoms with Crippen molar-refractivity contribution in [1.82, 2.24) is 0 Å². The molecule has 9 heteroatoms. The third-order valence-corrected chi connectivity index (χ3v) is 8.01. The molecule has 0 N–H and O–H groups in total. The summed E-state index contributed by atoms with van der Waals surface area (Å²) in [6.45, 7) is 3.67. The van der Waals surface area contributed by atoms with E-state index in [0.717, 1.165) is 30.5 Å². The van der Waals surface area contributed by atoms with Crippen LogP contribution in [0, 0.1) is 34.9 Å². The first-order valence-electron chi connectivity index (χ1n) is 14.2. The Morgan fingerprint density at radius 2 is 1.27 bits per heavy atom. The van der Waals surface area contributed by atoms with Crippen LogP contribution < -0.4 is 0 Å². The largest absolute Gasteiger partial charge is 0.389 e. The van der Waals surface area contributed by atoms with Gasteiger partial charge >= 0.3 is 6.11 Å². The minimum Gasteiger partial charge on any atom is -0.313 e. The first-order chi connectivity index (χ1) is 21.0. The van der Waals surface area contributed by atoms with E-state index in [0.29, 0.717) is 36.1 Å². The Kier molecular flexibility index (Phi) is 9.25. The zero-order valence-electron chi connectivity index (χ0n) is 23.5. The van der Waals surface area contributed by atoms with Crippen LogP contribution >= 0.6 is 0 Å². The molecule has 0 unspecified atom stereocenters. The highest BCUT2D eigenvalue weighted by Gasteiger charge is 2.42. The molecule has 0 radical (unpaired) electrons. The maximum Gasteiger partial charge on any atom is 0.389 e. The van der Waals surface area contributed by atoms with Gasteiger partial charge in [-0.05, 0) is 103 Å². The van der Waals surface area contributed by atoms with Gasteiger partial charge in [0.15, 0.2) is 17.5 Å². The van der Waals surface area contributed by atoms with Crippen molar-refractivity contribution in [2.75, 3.05) is 0 Å². The average Bonchev–Trinajstić information content (AvgIpc) is 2.98. The molecule has 0 bridgehead atoms. The first-order valence-corrected chi connectivity index (χ1v) is 14.2. The van der Waals surface area contributed by atoms with E-state index in [1.807, 2.05) is 0 Å². The number of hydrogen-bond acceptors (Lipinski definition) is 1. The maximum atomic E-state index is 15.1. The number of halogens is 8. The smallest absolute Gasteiger partial charge is 0.313 e. The van der Waals surface area contributed by atoms with Gasteiger partial charge in [-0.3, -0.25) is 0 Å². The number of allylic oxidation sites excluding steroid dienone is 1. The van der Waals surface area contributed by atoms with E-state index in [-0.39, 0.29) is 35.4 Å². The van der Waals surface area contributed by atoms with Crippen LogP contribution in [0.1, 0.15) is 54.7 Å². The number of rotatable bonds is 9. The first kappa shape index (κ1) is 31.4. The summed E-state index contributed by atoms with van der Waals surface area (Å²) in [5, 5.41) is 0.